The number of carbonyl (C=O) groups is 1. The molecule has 0 aliphatic carbocycles. The lowest BCUT2D eigenvalue weighted by Crippen LogP contribution is -2.39. The van der Waals surface area contributed by atoms with Crippen LogP contribution in [0.2, 0.25) is 0 Å². The molecular weight excluding hydrogens is 316 g/mol. The molecular formula is C19H20N4O2. The minimum absolute atomic E-state index is 0.0435. The van der Waals surface area contributed by atoms with Gasteiger partial charge in [0.2, 0.25) is 0 Å². The fourth-order valence-corrected chi connectivity index (χ4v) is 3.89. The molecule has 1 atom stereocenters. The molecule has 1 saturated heterocycles. The second-order valence-corrected chi connectivity index (χ2v) is 6.77. The third-order valence-electron chi connectivity index (χ3n) is 5.23. The molecule has 6 heteroatoms. The molecule has 25 heavy (non-hydrogen) atoms. The predicted octanol–water partition coefficient (Wildman–Crippen LogP) is 2.87. The molecule has 0 spiro atoms. The number of benzene rings is 1. The fourth-order valence-electron chi connectivity index (χ4n) is 3.89. The Labute approximate surface area is 145 Å². The van der Waals surface area contributed by atoms with Gasteiger partial charge in [0.05, 0.1) is 31.1 Å². The Morgan fingerprint density at radius 3 is 3.04 bits per heavy atom. The first-order valence-electron chi connectivity index (χ1n) is 8.83. The van der Waals surface area contributed by atoms with Gasteiger partial charge in [-0.1, -0.05) is 18.2 Å². The zero-order chi connectivity index (χ0) is 16.8. The third-order valence-corrected chi connectivity index (χ3v) is 5.23. The summed E-state index contributed by atoms with van der Waals surface area (Å²) in [7, 11) is 0. The highest BCUT2D eigenvalue weighted by Crippen LogP contribution is 2.32. The minimum Gasteiger partial charge on any atom is -0.373 e. The van der Waals surface area contributed by atoms with Crippen LogP contribution in [0.25, 0.3) is 10.9 Å². The number of nitrogens with zero attached hydrogens (tertiary/aromatic N) is 3. The molecule has 2 aliphatic rings. The molecule has 6 nitrogen and oxygen atoms in total. The average molecular weight is 336 g/mol. The zero-order valence-corrected chi connectivity index (χ0v) is 13.9. The lowest BCUT2D eigenvalue weighted by atomic mass is 10.1. The Balaban J connectivity index is 1.42. The molecule has 1 aromatic carbocycles. The number of hydrogen-bond acceptors (Lipinski definition) is 3. The Bertz CT molecular complexity index is 903. The minimum atomic E-state index is 0.0435. The Morgan fingerprint density at radius 1 is 1.28 bits per heavy atom. The maximum absolute atomic E-state index is 13.0. The number of carbonyl (C=O) groups excluding carboxylic acids is 1. The quantitative estimate of drug-likeness (QED) is 0.783. The maximum Gasteiger partial charge on any atom is 0.270 e. The van der Waals surface area contributed by atoms with Crippen LogP contribution in [0.1, 0.15) is 40.7 Å². The van der Waals surface area contributed by atoms with Crippen molar-refractivity contribution < 1.29 is 9.53 Å². The van der Waals surface area contributed by atoms with Crippen molar-refractivity contribution in [1.82, 2.24) is 19.7 Å². The number of aromatic nitrogens is 3. The fraction of sp³-hybridized carbons (Fsp3) is 0.368. The van der Waals surface area contributed by atoms with Gasteiger partial charge in [-0.05, 0) is 25.0 Å². The van der Waals surface area contributed by atoms with E-state index in [-0.39, 0.29) is 12.0 Å². The summed E-state index contributed by atoms with van der Waals surface area (Å²) >= 11 is 0. The van der Waals surface area contributed by atoms with Gasteiger partial charge in [0.15, 0.2) is 0 Å². The molecule has 0 saturated carbocycles. The van der Waals surface area contributed by atoms with Crippen LogP contribution >= 0.6 is 0 Å². The molecule has 1 fully saturated rings. The lowest BCUT2D eigenvalue weighted by Gasteiger charge is -2.28. The molecule has 3 aromatic rings. The van der Waals surface area contributed by atoms with Crippen LogP contribution in [0, 0.1) is 0 Å². The highest BCUT2D eigenvalue weighted by Gasteiger charge is 2.29. The summed E-state index contributed by atoms with van der Waals surface area (Å²) in [6, 6.07) is 9.90. The van der Waals surface area contributed by atoms with E-state index in [1.165, 1.54) is 0 Å². The van der Waals surface area contributed by atoms with Crippen LogP contribution in [0.3, 0.4) is 0 Å². The monoisotopic (exact) mass is 336 g/mol. The van der Waals surface area contributed by atoms with E-state index < -0.39 is 0 Å². The van der Waals surface area contributed by atoms with Gasteiger partial charge in [-0.3, -0.25) is 9.48 Å². The number of para-hydroxylation sites is 1. The topological polar surface area (TPSA) is 63.2 Å². The third kappa shape index (κ3) is 2.44. The second kappa shape index (κ2) is 5.74. The molecule has 4 heterocycles. The highest BCUT2D eigenvalue weighted by molar-refractivity contribution is 5.98. The number of hydrogen-bond donors (Lipinski definition) is 1. The van der Waals surface area contributed by atoms with Crippen molar-refractivity contribution in [2.45, 2.75) is 32.0 Å². The smallest absolute Gasteiger partial charge is 0.270 e. The van der Waals surface area contributed by atoms with Gasteiger partial charge in [0.25, 0.3) is 5.91 Å². The molecule has 2 aliphatic heterocycles. The van der Waals surface area contributed by atoms with E-state index in [1.54, 1.807) is 0 Å². The first-order valence-corrected chi connectivity index (χ1v) is 8.83. The molecule has 1 unspecified atom stereocenters. The number of ether oxygens (including phenoxy) is 1. The predicted molar refractivity (Wildman–Crippen MR) is 93.2 cm³/mol. The van der Waals surface area contributed by atoms with Crippen molar-refractivity contribution in [2.24, 2.45) is 0 Å². The maximum atomic E-state index is 13.0. The first kappa shape index (κ1) is 14.7. The number of fused-ring (bicyclic) bond motifs is 2. The van der Waals surface area contributed by atoms with Crippen molar-refractivity contribution in [3.8, 4) is 0 Å². The van der Waals surface area contributed by atoms with E-state index in [0.29, 0.717) is 18.8 Å². The average Bonchev–Trinajstić information content (AvgIpc) is 3.37. The standard InChI is InChI=1S/C19H20N4O2/c24-19(16-10-13-4-1-2-5-15(13)21-16)22-7-8-23-17(12-22)14(11-20-23)18-6-3-9-25-18/h1-2,4-5,10-11,18,21H,3,6-9,12H2. The van der Waals surface area contributed by atoms with Gasteiger partial charge < -0.3 is 14.6 Å². The normalized spacial score (nSPS) is 20.2. The molecule has 2 aromatic heterocycles. The highest BCUT2D eigenvalue weighted by atomic mass is 16.5. The Morgan fingerprint density at radius 2 is 2.20 bits per heavy atom. The van der Waals surface area contributed by atoms with Crippen LogP contribution in [0.5, 0.6) is 0 Å². The number of nitrogens with one attached hydrogen (secondary N) is 1. The van der Waals surface area contributed by atoms with Gasteiger partial charge in [-0.15, -0.1) is 0 Å². The van der Waals surface area contributed by atoms with E-state index in [2.05, 4.69) is 10.1 Å². The summed E-state index contributed by atoms with van der Waals surface area (Å²) in [5.41, 5.74) is 3.90. The molecule has 1 N–H and O–H groups in total. The molecule has 1 amide bonds. The second-order valence-electron chi connectivity index (χ2n) is 6.77. The lowest BCUT2D eigenvalue weighted by molar-refractivity contribution is 0.0692. The number of aromatic amines is 1. The number of amides is 1. The van der Waals surface area contributed by atoms with E-state index in [9.17, 15) is 4.79 Å². The van der Waals surface area contributed by atoms with Crippen molar-refractivity contribution in [3.05, 3.63) is 53.5 Å². The van der Waals surface area contributed by atoms with Crippen LogP contribution in [0.4, 0.5) is 0 Å². The molecule has 128 valence electrons. The Hall–Kier alpha value is -2.60. The molecule has 0 bridgehead atoms. The SMILES string of the molecule is O=C(c1cc2ccccc2[nH]1)N1CCn2ncc(C3CCCO3)c2C1. The van der Waals surface area contributed by atoms with Crippen molar-refractivity contribution in [2.75, 3.05) is 13.2 Å². The van der Waals surface area contributed by atoms with E-state index >= 15 is 0 Å². The summed E-state index contributed by atoms with van der Waals surface area (Å²) in [6.45, 7) is 2.80. The summed E-state index contributed by atoms with van der Waals surface area (Å²) < 4.78 is 7.84. The largest absolute Gasteiger partial charge is 0.373 e. The molecule has 0 radical (unpaired) electrons. The summed E-state index contributed by atoms with van der Waals surface area (Å²) in [5, 5.41) is 5.56. The van der Waals surface area contributed by atoms with Crippen molar-refractivity contribution in [3.63, 3.8) is 0 Å². The van der Waals surface area contributed by atoms with Gasteiger partial charge in [0.1, 0.15) is 5.69 Å². The summed E-state index contributed by atoms with van der Waals surface area (Å²) in [6.07, 6.45) is 4.18. The first-order chi connectivity index (χ1) is 12.3. The van der Waals surface area contributed by atoms with E-state index in [0.717, 1.165) is 48.2 Å². The zero-order valence-electron chi connectivity index (χ0n) is 13.9. The van der Waals surface area contributed by atoms with Crippen LogP contribution < -0.4 is 0 Å². The Kier molecular flexibility index (Phi) is 3.38. The van der Waals surface area contributed by atoms with E-state index in [4.69, 9.17) is 4.74 Å². The van der Waals surface area contributed by atoms with Gasteiger partial charge in [-0.25, -0.2) is 0 Å². The number of H-pyrrole nitrogens is 1. The summed E-state index contributed by atoms with van der Waals surface area (Å²) in [5.74, 6) is 0.0435. The van der Waals surface area contributed by atoms with Gasteiger partial charge >= 0.3 is 0 Å². The van der Waals surface area contributed by atoms with Crippen LogP contribution in [-0.2, 0) is 17.8 Å². The van der Waals surface area contributed by atoms with Crippen molar-refractivity contribution >= 4 is 16.8 Å². The van der Waals surface area contributed by atoms with Gasteiger partial charge in [-0.2, -0.15) is 5.10 Å². The van der Waals surface area contributed by atoms with Crippen LogP contribution in [0.15, 0.2) is 36.5 Å². The van der Waals surface area contributed by atoms with E-state index in [1.807, 2.05) is 46.1 Å². The van der Waals surface area contributed by atoms with Crippen molar-refractivity contribution in [1.29, 1.82) is 0 Å². The molecule has 5 rings (SSSR count). The van der Waals surface area contributed by atoms with Crippen LogP contribution in [-0.4, -0.2) is 38.7 Å². The van der Waals surface area contributed by atoms with Gasteiger partial charge in [0, 0.05) is 29.6 Å². The summed E-state index contributed by atoms with van der Waals surface area (Å²) in [4.78, 5) is 18.1. The number of rotatable bonds is 2.